The van der Waals surface area contributed by atoms with Crippen LogP contribution in [0, 0.1) is 5.92 Å². The summed E-state index contributed by atoms with van der Waals surface area (Å²) in [4.78, 5) is 132. The van der Waals surface area contributed by atoms with Gasteiger partial charge in [-0.05, 0) is 48.6 Å². The molecule has 0 saturated carbocycles. The van der Waals surface area contributed by atoms with Crippen molar-refractivity contribution in [2.24, 2.45) is 11.7 Å². The molecule has 9 amide bonds. The van der Waals surface area contributed by atoms with Gasteiger partial charge in [0.25, 0.3) is 0 Å². The smallest absolute Gasteiger partial charge is 0.328 e. The number of rotatable bonds is 30. The molecule has 0 fully saturated rings. The van der Waals surface area contributed by atoms with E-state index in [1.807, 2.05) is 0 Å². The molecular formula is C50H68N10O16. The van der Waals surface area contributed by atoms with E-state index in [1.54, 1.807) is 74.5 Å². The van der Waals surface area contributed by atoms with E-state index in [-0.39, 0.29) is 25.0 Å². The molecule has 0 saturated heterocycles. The fourth-order valence-corrected chi connectivity index (χ4v) is 7.21. The summed E-state index contributed by atoms with van der Waals surface area (Å²) in [5.41, 5.74) is 6.98. The number of phenolic OH excluding ortho intramolecular Hbond substituents is 1. The summed E-state index contributed by atoms with van der Waals surface area (Å²) in [5, 5.41) is 81.0. The number of carboxylic acids is 1. The first-order chi connectivity index (χ1) is 36.0. The van der Waals surface area contributed by atoms with E-state index in [9.17, 15) is 78.6 Å². The Bertz CT molecular complexity index is 2450. The van der Waals surface area contributed by atoms with Gasteiger partial charge in [0.15, 0.2) is 0 Å². The summed E-state index contributed by atoms with van der Waals surface area (Å²) in [7, 11) is 0. The fourth-order valence-electron chi connectivity index (χ4n) is 7.21. The van der Waals surface area contributed by atoms with Gasteiger partial charge < -0.3 is 84.2 Å². The Morgan fingerprint density at radius 1 is 0.434 bits per heavy atom. The third-order valence-corrected chi connectivity index (χ3v) is 11.5. The van der Waals surface area contributed by atoms with Gasteiger partial charge in [0, 0.05) is 19.3 Å². The van der Waals surface area contributed by atoms with Gasteiger partial charge in [-0.1, -0.05) is 86.6 Å². The number of nitrogens with two attached hydrogens (primary N) is 1. The van der Waals surface area contributed by atoms with E-state index < -0.39 is 152 Å². The van der Waals surface area contributed by atoms with Crippen molar-refractivity contribution in [2.75, 3.05) is 26.4 Å². The Morgan fingerprint density at radius 2 is 0.789 bits per heavy atom. The lowest BCUT2D eigenvalue weighted by Crippen LogP contribution is -2.62. The number of nitrogens with one attached hydrogen (secondary N) is 9. The zero-order valence-electron chi connectivity index (χ0n) is 42.2. The van der Waals surface area contributed by atoms with Crippen LogP contribution in [0.3, 0.4) is 0 Å². The molecule has 0 aliphatic rings. The number of aromatic hydroxyl groups is 1. The zero-order valence-corrected chi connectivity index (χ0v) is 42.2. The fraction of sp³-hybridized carbons (Fsp3) is 0.440. The van der Waals surface area contributed by atoms with E-state index in [1.165, 1.54) is 38.1 Å². The van der Waals surface area contributed by atoms with Crippen LogP contribution in [0.2, 0.25) is 0 Å². The minimum atomic E-state index is -1.86. The molecular weight excluding hydrogens is 997 g/mol. The van der Waals surface area contributed by atoms with Crippen LogP contribution in [0.4, 0.5) is 0 Å². The van der Waals surface area contributed by atoms with Gasteiger partial charge in [0.2, 0.25) is 53.2 Å². The lowest BCUT2D eigenvalue weighted by molar-refractivity contribution is -0.143. The maximum atomic E-state index is 14.0. The predicted octanol–water partition coefficient (Wildman–Crippen LogP) is -5.14. The number of aliphatic carboxylic acids is 1. The maximum Gasteiger partial charge on any atom is 0.328 e. The standard InChI is InChI=1S/C50H68N10O16/c1-26(2)40(48(73)58-38(25-63)50(75)76)59-42(67)27(3)52-43(68)34(21-31-15-17-32(65)18-16-31)54-46(71)36(23-61)57-47(72)37(24-62)56-44(69)35(20-30-13-9-6-10-14-30)55-49(74)41(28(4)64)60-45(70)33(53-39(66)22-51)19-29-11-7-5-8-12-29/h5-18,26-28,33-38,40-41,61-65H,19-25,51H2,1-4H3,(H,52,68)(H,53,66)(H,54,71)(H,55,74)(H,56,69)(H,57,72)(H,58,73)(H,59,67)(H,60,70)(H,75,76)/t27-,28+,33-,34-,35-,36-,37-,38-,40-,41-/m0/s1. The summed E-state index contributed by atoms with van der Waals surface area (Å²) in [6, 6.07) is 7.98. The summed E-state index contributed by atoms with van der Waals surface area (Å²) >= 11 is 0. The molecule has 3 aromatic carbocycles. The first kappa shape index (κ1) is 62.3. The number of phenols is 1. The molecule has 0 heterocycles. The predicted molar refractivity (Wildman–Crippen MR) is 270 cm³/mol. The molecule has 0 aliphatic carbocycles. The monoisotopic (exact) mass is 1060 g/mol. The first-order valence-corrected chi connectivity index (χ1v) is 24.0. The number of amides is 9. The maximum absolute atomic E-state index is 14.0. The summed E-state index contributed by atoms with van der Waals surface area (Å²) in [6.07, 6.45) is -2.13. The normalized spacial score (nSPS) is 15.0. The number of carboxylic acid groups (broad SMARTS) is 1. The first-order valence-electron chi connectivity index (χ1n) is 24.0. The largest absolute Gasteiger partial charge is 0.508 e. The van der Waals surface area contributed by atoms with Crippen LogP contribution in [0.15, 0.2) is 84.9 Å². The van der Waals surface area contributed by atoms with Gasteiger partial charge in [-0.25, -0.2) is 4.79 Å². The van der Waals surface area contributed by atoms with Gasteiger partial charge in [0.05, 0.1) is 32.5 Å². The van der Waals surface area contributed by atoms with E-state index in [0.29, 0.717) is 16.7 Å². The molecule has 0 bridgehead atoms. The minimum absolute atomic E-state index is 0.0261. The molecule has 10 atom stereocenters. The van der Waals surface area contributed by atoms with Crippen molar-refractivity contribution in [3.05, 3.63) is 102 Å². The lowest BCUT2D eigenvalue weighted by Gasteiger charge is -2.28. The highest BCUT2D eigenvalue weighted by Crippen LogP contribution is 2.13. The second-order valence-corrected chi connectivity index (χ2v) is 18.0. The Balaban J connectivity index is 1.81. The second kappa shape index (κ2) is 31.0. The SMILES string of the molecule is CC(C)[C@H](NC(=O)[C@H](C)NC(=O)[C@H](Cc1ccc(O)cc1)NC(=O)[C@H](CO)NC(=O)[C@H](CO)NC(=O)[C@H](Cc1ccccc1)NC(=O)[C@@H](NC(=O)[C@H](Cc1ccccc1)NC(=O)CN)[C@@H](C)O)C(=O)N[C@@H](CO)C(=O)O. The number of hydrogen-bond donors (Lipinski definition) is 16. The second-order valence-electron chi connectivity index (χ2n) is 18.0. The number of aliphatic hydroxyl groups excluding tert-OH is 4. The Labute approximate surface area is 437 Å². The van der Waals surface area contributed by atoms with E-state index in [0.717, 1.165) is 0 Å². The van der Waals surface area contributed by atoms with Crippen molar-refractivity contribution in [1.82, 2.24) is 47.9 Å². The minimum Gasteiger partial charge on any atom is -0.508 e. The van der Waals surface area contributed by atoms with E-state index >= 15 is 0 Å². The van der Waals surface area contributed by atoms with Crippen molar-refractivity contribution in [2.45, 2.75) is 107 Å². The van der Waals surface area contributed by atoms with Crippen molar-refractivity contribution >= 4 is 59.1 Å². The van der Waals surface area contributed by atoms with Crippen LogP contribution in [-0.2, 0) is 67.2 Å². The zero-order chi connectivity index (χ0) is 56.6. The Morgan fingerprint density at radius 3 is 1.21 bits per heavy atom. The van der Waals surface area contributed by atoms with Crippen molar-refractivity contribution in [1.29, 1.82) is 0 Å². The van der Waals surface area contributed by atoms with Crippen LogP contribution in [0.1, 0.15) is 44.4 Å². The molecule has 0 unspecified atom stereocenters. The highest BCUT2D eigenvalue weighted by molar-refractivity contribution is 5.98. The number of carbonyl (C=O) groups is 10. The van der Waals surface area contributed by atoms with Crippen molar-refractivity contribution in [3.63, 3.8) is 0 Å². The Hall–Kier alpha value is -8.04. The number of carbonyl (C=O) groups excluding carboxylic acids is 9. The molecule has 26 nitrogen and oxygen atoms in total. The molecule has 0 aromatic heterocycles. The van der Waals surface area contributed by atoms with Crippen LogP contribution < -0.4 is 53.6 Å². The van der Waals surface area contributed by atoms with Gasteiger partial charge >= 0.3 is 5.97 Å². The Kier molecular flexibility index (Phi) is 25.4. The van der Waals surface area contributed by atoms with Gasteiger partial charge in [-0.2, -0.15) is 0 Å². The van der Waals surface area contributed by atoms with Gasteiger partial charge in [-0.3, -0.25) is 43.2 Å². The van der Waals surface area contributed by atoms with Crippen LogP contribution in [-0.4, -0.2) is 177 Å². The number of hydrogen-bond acceptors (Lipinski definition) is 16. The van der Waals surface area contributed by atoms with Gasteiger partial charge in [0.1, 0.15) is 60.1 Å². The topological polar surface area (TPSA) is 426 Å². The lowest BCUT2D eigenvalue weighted by atomic mass is 10.0. The van der Waals surface area contributed by atoms with Crippen LogP contribution in [0.25, 0.3) is 0 Å². The van der Waals surface area contributed by atoms with Crippen molar-refractivity contribution in [3.8, 4) is 5.75 Å². The number of benzene rings is 3. The van der Waals surface area contributed by atoms with E-state index in [4.69, 9.17) is 5.73 Å². The molecule has 3 aromatic rings. The third kappa shape index (κ3) is 20.0. The summed E-state index contributed by atoms with van der Waals surface area (Å²) < 4.78 is 0. The average Bonchev–Trinajstić information content (AvgIpc) is 3.39. The average molecular weight is 1070 g/mol. The highest BCUT2D eigenvalue weighted by Gasteiger charge is 2.36. The molecule has 414 valence electrons. The molecule has 26 heteroatoms. The van der Waals surface area contributed by atoms with Crippen molar-refractivity contribution < 1.29 is 78.6 Å². The molecule has 0 aliphatic heterocycles. The highest BCUT2D eigenvalue weighted by atomic mass is 16.4. The third-order valence-electron chi connectivity index (χ3n) is 11.5. The van der Waals surface area contributed by atoms with Crippen LogP contribution >= 0.6 is 0 Å². The van der Waals surface area contributed by atoms with Crippen LogP contribution in [0.5, 0.6) is 5.75 Å². The molecule has 76 heavy (non-hydrogen) atoms. The molecule has 0 spiro atoms. The van der Waals surface area contributed by atoms with E-state index in [2.05, 4.69) is 47.9 Å². The van der Waals surface area contributed by atoms with Gasteiger partial charge in [-0.15, -0.1) is 0 Å². The molecule has 0 radical (unpaired) electrons. The number of aliphatic hydroxyl groups is 4. The summed E-state index contributed by atoms with van der Waals surface area (Å²) in [6.45, 7) is 1.92. The quantitative estimate of drug-likeness (QED) is 0.0297. The molecule has 3 rings (SSSR count). The summed E-state index contributed by atoms with van der Waals surface area (Å²) in [5.74, 6) is -11.2. The molecule has 17 N–H and O–H groups in total.